The summed E-state index contributed by atoms with van der Waals surface area (Å²) in [6.45, 7) is 0. The van der Waals surface area contributed by atoms with Crippen molar-refractivity contribution in [3.8, 4) is 6.07 Å². The van der Waals surface area contributed by atoms with Crippen molar-refractivity contribution < 1.29 is 9.90 Å². The maximum absolute atomic E-state index is 11.5. The van der Waals surface area contributed by atoms with Crippen LogP contribution >= 0.6 is 0 Å². The lowest BCUT2D eigenvalue weighted by Crippen LogP contribution is -2.48. The fourth-order valence-electron chi connectivity index (χ4n) is 2.24. The molecule has 1 aliphatic carbocycles. The van der Waals surface area contributed by atoms with E-state index in [1.165, 1.54) is 12.3 Å². The van der Waals surface area contributed by atoms with Gasteiger partial charge < -0.3 is 10.4 Å². The quantitative estimate of drug-likeness (QED) is 0.839. The number of aromatic nitrogens is 2. The summed E-state index contributed by atoms with van der Waals surface area (Å²) in [6.07, 6.45) is 5.36. The van der Waals surface area contributed by atoms with E-state index in [9.17, 15) is 9.90 Å². The molecular weight excluding hydrogens is 232 g/mol. The third-order valence-electron chi connectivity index (χ3n) is 3.24. The first-order valence-electron chi connectivity index (χ1n) is 5.91. The van der Waals surface area contributed by atoms with Crippen LogP contribution < -0.4 is 5.32 Å². The van der Waals surface area contributed by atoms with Crippen LogP contribution in [0, 0.1) is 11.3 Å². The van der Waals surface area contributed by atoms with E-state index >= 15 is 0 Å². The van der Waals surface area contributed by atoms with Crippen LogP contribution in [0.5, 0.6) is 0 Å². The van der Waals surface area contributed by atoms with Gasteiger partial charge in [-0.05, 0) is 18.9 Å². The number of anilines is 1. The second-order valence-electron chi connectivity index (χ2n) is 4.45. The molecule has 0 aromatic carbocycles. The molecule has 0 unspecified atom stereocenters. The summed E-state index contributed by atoms with van der Waals surface area (Å²) in [5.74, 6) is -0.675. The van der Waals surface area contributed by atoms with Crippen LogP contribution in [-0.4, -0.2) is 26.6 Å². The van der Waals surface area contributed by atoms with E-state index in [4.69, 9.17) is 5.26 Å². The maximum Gasteiger partial charge on any atom is 0.329 e. The number of carboxylic acids is 1. The minimum absolute atomic E-state index is 0.207. The van der Waals surface area contributed by atoms with Gasteiger partial charge in [-0.3, -0.25) is 0 Å². The molecule has 1 aromatic heterocycles. The molecule has 2 N–H and O–H groups in total. The number of carboxylic acid groups (broad SMARTS) is 1. The van der Waals surface area contributed by atoms with E-state index in [2.05, 4.69) is 15.3 Å². The van der Waals surface area contributed by atoms with E-state index < -0.39 is 11.5 Å². The number of hydrogen-bond acceptors (Lipinski definition) is 5. The van der Waals surface area contributed by atoms with Gasteiger partial charge in [-0.2, -0.15) is 5.26 Å². The number of aliphatic carboxylic acids is 1. The lowest BCUT2D eigenvalue weighted by atomic mass is 9.82. The summed E-state index contributed by atoms with van der Waals surface area (Å²) in [5.41, 5.74) is -0.768. The second-order valence-corrected chi connectivity index (χ2v) is 4.45. The van der Waals surface area contributed by atoms with Crippen molar-refractivity contribution in [3.63, 3.8) is 0 Å². The van der Waals surface area contributed by atoms with Crippen molar-refractivity contribution in [2.24, 2.45) is 0 Å². The monoisotopic (exact) mass is 246 g/mol. The molecule has 0 bridgehead atoms. The molecular formula is C12H14N4O2. The first-order chi connectivity index (χ1) is 8.66. The Morgan fingerprint density at radius 3 is 2.78 bits per heavy atom. The number of hydrogen-bond donors (Lipinski definition) is 2. The minimum atomic E-state index is -0.994. The fraction of sp³-hybridized carbons (Fsp3) is 0.500. The van der Waals surface area contributed by atoms with Crippen LogP contribution in [0.4, 0.5) is 5.95 Å². The zero-order chi connectivity index (χ0) is 13.0. The molecule has 6 nitrogen and oxygen atoms in total. The molecule has 0 radical (unpaired) electrons. The van der Waals surface area contributed by atoms with Gasteiger partial charge in [0, 0.05) is 6.20 Å². The smallest absolute Gasteiger partial charge is 0.329 e. The van der Waals surface area contributed by atoms with Crippen molar-refractivity contribution in [1.29, 1.82) is 5.26 Å². The first kappa shape index (κ1) is 12.3. The molecule has 0 atom stereocenters. The van der Waals surface area contributed by atoms with Crippen LogP contribution in [0.2, 0.25) is 0 Å². The summed E-state index contributed by atoms with van der Waals surface area (Å²) < 4.78 is 0. The summed E-state index contributed by atoms with van der Waals surface area (Å²) >= 11 is 0. The molecule has 1 heterocycles. The van der Waals surface area contributed by atoms with Crippen molar-refractivity contribution in [2.75, 3.05) is 5.32 Å². The Hall–Kier alpha value is -2.16. The molecule has 0 aliphatic heterocycles. The van der Waals surface area contributed by atoms with Gasteiger partial charge in [0.15, 0.2) is 0 Å². The molecule has 94 valence electrons. The highest BCUT2D eigenvalue weighted by Crippen LogP contribution is 2.31. The molecule has 6 heteroatoms. The number of rotatable bonds is 3. The lowest BCUT2D eigenvalue weighted by molar-refractivity contribution is -0.143. The van der Waals surface area contributed by atoms with E-state index in [1.54, 1.807) is 0 Å². The summed E-state index contributed by atoms with van der Waals surface area (Å²) in [6, 6.07) is 3.39. The van der Waals surface area contributed by atoms with Gasteiger partial charge in [0.05, 0.1) is 0 Å². The van der Waals surface area contributed by atoms with E-state index in [0.29, 0.717) is 12.8 Å². The van der Waals surface area contributed by atoms with Crippen molar-refractivity contribution >= 4 is 11.9 Å². The Morgan fingerprint density at radius 2 is 2.17 bits per heavy atom. The van der Waals surface area contributed by atoms with Gasteiger partial charge in [-0.1, -0.05) is 19.3 Å². The number of nitriles is 1. The Bertz CT molecular complexity index is 489. The molecule has 0 spiro atoms. The molecule has 0 amide bonds. The zero-order valence-electron chi connectivity index (χ0n) is 9.89. The Morgan fingerprint density at radius 1 is 1.44 bits per heavy atom. The molecule has 18 heavy (non-hydrogen) atoms. The summed E-state index contributed by atoms with van der Waals surface area (Å²) in [7, 11) is 0. The zero-order valence-corrected chi connectivity index (χ0v) is 9.89. The van der Waals surface area contributed by atoms with Crippen molar-refractivity contribution in [3.05, 3.63) is 18.0 Å². The van der Waals surface area contributed by atoms with E-state index in [-0.39, 0.29) is 11.6 Å². The van der Waals surface area contributed by atoms with Crippen molar-refractivity contribution in [1.82, 2.24) is 9.97 Å². The number of nitrogens with zero attached hydrogens (tertiary/aromatic N) is 3. The maximum atomic E-state index is 11.5. The average Bonchev–Trinajstić information content (AvgIpc) is 2.40. The van der Waals surface area contributed by atoms with Gasteiger partial charge in [-0.25, -0.2) is 14.8 Å². The third kappa shape index (κ3) is 2.40. The Balaban J connectivity index is 2.23. The predicted molar refractivity (Wildman–Crippen MR) is 63.8 cm³/mol. The summed E-state index contributed by atoms with van der Waals surface area (Å²) in [5, 5.41) is 21.0. The molecule has 1 saturated carbocycles. The second kappa shape index (κ2) is 5.00. The molecule has 1 aliphatic rings. The molecule has 1 aromatic rings. The van der Waals surface area contributed by atoms with Gasteiger partial charge in [0.25, 0.3) is 0 Å². The van der Waals surface area contributed by atoms with Crippen LogP contribution in [0.15, 0.2) is 12.3 Å². The highest BCUT2D eigenvalue weighted by molar-refractivity contribution is 5.82. The average molecular weight is 246 g/mol. The highest BCUT2D eigenvalue weighted by Gasteiger charge is 2.40. The molecule has 2 rings (SSSR count). The predicted octanol–water partition coefficient (Wildman–Crippen LogP) is 1.55. The largest absolute Gasteiger partial charge is 0.480 e. The molecule has 1 fully saturated rings. The Kier molecular flexibility index (Phi) is 3.42. The standard InChI is InChI=1S/C12H14N4O2/c13-8-9-4-7-14-11(15-9)16-12(10(17)18)5-2-1-3-6-12/h4,7H,1-3,5-6H2,(H,17,18)(H,14,15,16). The number of carbonyl (C=O) groups is 1. The van der Waals surface area contributed by atoms with Crippen LogP contribution in [0.1, 0.15) is 37.8 Å². The van der Waals surface area contributed by atoms with Gasteiger partial charge >= 0.3 is 5.97 Å². The minimum Gasteiger partial charge on any atom is -0.480 e. The summed E-state index contributed by atoms with van der Waals surface area (Å²) in [4.78, 5) is 19.4. The van der Waals surface area contributed by atoms with Crippen LogP contribution in [0.3, 0.4) is 0 Å². The topological polar surface area (TPSA) is 98.9 Å². The van der Waals surface area contributed by atoms with Gasteiger partial charge in [-0.15, -0.1) is 0 Å². The SMILES string of the molecule is N#Cc1ccnc(NC2(C(=O)O)CCCCC2)n1. The van der Waals surface area contributed by atoms with Gasteiger partial charge in [0.2, 0.25) is 5.95 Å². The van der Waals surface area contributed by atoms with E-state index in [0.717, 1.165) is 19.3 Å². The fourth-order valence-corrected chi connectivity index (χ4v) is 2.24. The third-order valence-corrected chi connectivity index (χ3v) is 3.24. The first-order valence-corrected chi connectivity index (χ1v) is 5.91. The highest BCUT2D eigenvalue weighted by atomic mass is 16.4. The Labute approximate surface area is 105 Å². The van der Waals surface area contributed by atoms with Crippen LogP contribution in [-0.2, 0) is 4.79 Å². The lowest BCUT2D eigenvalue weighted by Gasteiger charge is -2.33. The van der Waals surface area contributed by atoms with Crippen LogP contribution in [0.25, 0.3) is 0 Å². The molecule has 0 saturated heterocycles. The number of nitrogens with one attached hydrogen (secondary N) is 1. The normalized spacial score (nSPS) is 17.7. The van der Waals surface area contributed by atoms with E-state index in [1.807, 2.05) is 6.07 Å². The van der Waals surface area contributed by atoms with Crippen molar-refractivity contribution in [2.45, 2.75) is 37.6 Å². The van der Waals surface area contributed by atoms with Gasteiger partial charge in [0.1, 0.15) is 17.3 Å².